The predicted octanol–water partition coefficient (Wildman–Crippen LogP) is 4.59. The molecule has 0 spiro atoms. The Hall–Kier alpha value is -2.76. The van der Waals surface area contributed by atoms with Gasteiger partial charge in [0.25, 0.3) is 5.91 Å². The van der Waals surface area contributed by atoms with E-state index >= 15 is 0 Å². The van der Waals surface area contributed by atoms with Gasteiger partial charge in [0.1, 0.15) is 5.76 Å². The van der Waals surface area contributed by atoms with Crippen molar-refractivity contribution < 1.29 is 22.7 Å². The fourth-order valence-corrected chi connectivity index (χ4v) is 3.07. The molecule has 136 valence electrons. The maximum absolute atomic E-state index is 14.3. The number of rotatable bonds is 3. The zero-order chi connectivity index (χ0) is 19.1. The van der Waals surface area contributed by atoms with Crippen LogP contribution in [0.5, 0.6) is 0 Å². The van der Waals surface area contributed by atoms with Crippen LogP contribution in [0.2, 0.25) is 0 Å². The first kappa shape index (κ1) is 18.0. The van der Waals surface area contributed by atoms with Crippen LogP contribution < -0.4 is 0 Å². The van der Waals surface area contributed by atoms with Crippen LogP contribution in [0.3, 0.4) is 0 Å². The van der Waals surface area contributed by atoms with E-state index in [1.165, 1.54) is 4.90 Å². The Labute approximate surface area is 149 Å². The van der Waals surface area contributed by atoms with Gasteiger partial charge < -0.3 is 4.74 Å². The van der Waals surface area contributed by atoms with E-state index in [1.54, 1.807) is 45.0 Å². The second-order valence-electron chi connectivity index (χ2n) is 6.59. The first-order valence-electron chi connectivity index (χ1n) is 8.10. The Morgan fingerprint density at radius 1 is 1.00 bits per heavy atom. The predicted molar refractivity (Wildman–Crippen MR) is 91.2 cm³/mol. The molecule has 0 bridgehead atoms. The Bertz CT molecular complexity index is 891. The highest BCUT2D eigenvalue weighted by Crippen LogP contribution is 2.37. The Balaban J connectivity index is 2.05. The van der Waals surface area contributed by atoms with E-state index in [-0.39, 0.29) is 18.2 Å². The Morgan fingerprint density at radius 3 is 2.31 bits per heavy atom. The van der Waals surface area contributed by atoms with Crippen molar-refractivity contribution in [3.63, 3.8) is 0 Å². The maximum atomic E-state index is 14.3. The highest BCUT2D eigenvalue weighted by molar-refractivity contribution is 6.20. The molecular weight excluding hydrogens is 343 g/mol. The number of hydrogen-bond donors (Lipinski definition) is 0. The summed E-state index contributed by atoms with van der Waals surface area (Å²) in [7, 11) is 0. The third-order valence-electron chi connectivity index (χ3n) is 4.65. The highest BCUT2D eigenvalue weighted by Gasteiger charge is 2.40. The number of amides is 1. The maximum Gasteiger partial charge on any atom is 0.261 e. The van der Waals surface area contributed by atoms with Gasteiger partial charge in [0.15, 0.2) is 24.2 Å². The van der Waals surface area contributed by atoms with E-state index in [0.717, 1.165) is 12.1 Å². The van der Waals surface area contributed by atoms with E-state index in [9.17, 15) is 18.0 Å². The number of carbonyl (C=O) groups excluding carboxylic acids is 1. The zero-order valence-corrected chi connectivity index (χ0v) is 14.6. The van der Waals surface area contributed by atoms with Gasteiger partial charge in [-0.2, -0.15) is 0 Å². The number of halogens is 3. The van der Waals surface area contributed by atoms with Crippen LogP contribution in [0.1, 0.15) is 31.9 Å². The lowest BCUT2D eigenvalue weighted by molar-refractivity contribution is -0.139. The van der Waals surface area contributed by atoms with E-state index < -0.39 is 23.0 Å². The minimum Gasteiger partial charge on any atom is -0.477 e. The molecule has 1 aliphatic heterocycles. The van der Waals surface area contributed by atoms with Crippen LogP contribution in [0.15, 0.2) is 48.2 Å². The average molecular weight is 361 g/mol. The van der Waals surface area contributed by atoms with Gasteiger partial charge in [-0.25, -0.2) is 13.2 Å². The van der Waals surface area contributed by atoms with Crippen molar-refractivity contribution in [2.75, 3.05) is 6.73 Å². The molecule has 1 aliphatic rings. The highest BCUT2D eigenvalue weighted by atomic mass is 19.2. The summed E-state index contributed by atoms with van der Waals surface area (Å²) in [4.78, 5) is 14.4. The summed E-state index contributed by atoms with van der Waals surface area (Å²) in [6, 6.07) is 11.0. The summed E-state index contributed by atoms with van der Waals surface area (Å²) in [5.74, 6) is -4.05. The summed E-state index contributed by atoms with van der Waals surface area (Å²) >= 11 is 0. The third kappa shape index (κ3) is 2.85. The summed E-state index contributed by atoms with van der Waals surface area (Å²) in [6.45, 7) is 4.69. The molecule has 0 unspecified atom stereocenters. The molecule has 3 rings (SSSR count). The Morgan fingerprint density at radius 2 is 1.65 bits per heavy atom. The fourth-order valence-electron chi connectivity index (χ4n) is 3.07. The molecule has 6 heteroatoms. The molecule has 2 aromatic carbocycles. The van der Waals surface area contributed by atoms with E-state index in [0.29, 0.717) is 16.9 Å². The van der Waals surface area contributed by atoms with Crippen LogP contribution in [0.4, 0.5) is 13.2 Å². The number of benzene rings is 2. The van der Waals surface area contributed by atoms with Crippen molar-refractivity contribution in [2.24, 2.45) is 0 Å². The second kappa shape index (κ2) is 6.52. The summed E-state index contributed by atoms with van der Waals surface area (Å²) in [5, 5.41) is 0. The fraction of sp³-hybridized carbons (Fsp3) is 0.250. The number of allylic oxidation sites excluding steroid dienone is 1. The molecule has 3 nitrogen and oxygen atoms in total. The summed E-state index contributed by atoms with van der Waals surface area (Å²) in [6.07, 6.45) is 0. The van der Waals surface area contributed by atoms with Gasteiger partial charge in [0.05, 0.1) is 11.1 Å². The van der Waals surface area contributed by atoms with Gasteiger partial charge in [0.2, 0.25) is 0 Å². The van der Waals surface area contributed by atoms with Gasteiger partial charge in [0, 0.05) is 5.56 Å². The Kier molecular flexibility index (Phi) is 4.52. The molecule has 0 radical (unpaired) electrons. The van der Waals surface area contributed by atoms with Crippen molar-refractivity contribution in [3.05, 3.63) is 76.8 Å². The monoisotopic (exact) mass is 361 g/mol. The van der Waals surface area contributed by atoms with Gasteiger partial charge in [-0.05, 0) is 32.4 Å². The van der Waals surface area contributed by atoms with E-state index in [2.05, 4.69) is 0 Å². The largest absolute Gasteiger partial charge is 0.477 e. The molecule has 26 heavy (non-hydrogen) atoms. The lowest BCUT2D eigenvalue weighted by Crippen LogP contribution is -2.49. The summed E-state index contributed by atoms with van der Waals surface area (Å²) in [5.41, 5.74) is -0.356. The molecule has 0 atom stereocenters. The lowest BCUT2D eigenvalue weighted by Gasteiger charge is -2.41. The molecule has 0 aliphatic carbocycles. The molecule has 0 N–H and O–H groups in total. The third-order valence-corrected chi connectivity index (χ3v) is 4.65. The molecule has 0 saturated heterocycles. The second-order valence-corrected chi connectivity index (χ2v) is 6.59. The first-order valence-corrected chi connectivity index (χ1v) is 8.10. The van der Waals surface area contributed by atoms with Crippen LogP contribution in [0.25, 0.3) is 5.57 Å². The number of hydrogen-bond acceptors (Lipinski definition) is 2. The molecule has 1 amide bonds. The average Bonchev–Trinajstić information content (AvgIpc) is 2.60. The summed E-state index contributed by atoms with van der Waals surface area (Å²) < 4.78 is 46.9. The number of ether oxygens (including phenoxy) is 1. The molecule has 0 aromatic heterocycles. The van der Waals surface area contributed by atoms with Crippen molar-refractivity contribution in [2.45, 2.75) is 26.3 Å². The molecule has 1 heterocycles. The van der Waals surface area contributed by atoms with Crippen LogP contribution in [-0.4, -0.2) is 17.5 Å². The molecular formula is C20H18F3NO2. The number of carbonyl (C=O) groups is 1. The molecule has 2 aromatic rings. The molecule has 0 saturated carbocycles. The normalized spacial score (nSPS) is 15.3. The lowest BCUT2D eigenvalue weighted by atomic mass is 9.89. The van der Waals surface area contributed by atoms with Crippen molar-refractivity contribution in [1.82, 2.24) is 4.90 Å². The van der Waals surface area contributed by atoms with Crippen molar-refractivity contribution >= 4 is 11.5 Å². The molecule has 0 fully saturated rings. The van der Waals surface area contributed by atoms with Crippen LogP contribution >= 0.6 is 0 Å². The van der Waals surface area contributed by atoms with Crippen molar-refractivity contribution in [3.8, 4) is 0 Å². The SMILES string of the molecule is CC1=C(c2ccccc2)C(=O)N(C(C)(C)c2ccc(F)c(F)c2F)CO1. The minimum absolute atomic E-state index is 0.119. The number of nitrogens with zero attached hydrogens (tertiary/aromatic N) is 1. The van der Waals surface area contributed by atoms with Crippen LogP contribution in [0, 0.1) is 17.5 Å². The van der Waals surface area contributed by atoms with Crippen LogP contribution in [-0.2, 0) is 15.1 Å². The van der Waals surface area contributed by atoms with E-state index in [4.69, 9.17) is 4.74 Å². The minimum atomic E-state index is -1.56. The van der Waals surface area contributed by atoms with Gasteiger partial charge in [-0.15, -0.1) is 0 Å². The van der Waals surface area contributed by atoms with Crippen molar-refractivity contribution in [1.29, 1.82) is 0 Å². The quantitative estimate of drug-likeness (QED) is 0.749. The zero-order valence-electron chi connectivity index (χ0n) is 14.6. The standard InChI is InChI=1S/C20H18F3NO2/c1-12-16(13-7-5-4-6-8-13)19(25)24(11-26-12)20(2,3)14-9-10-15(21)18(23)17(14)22/h4-10H,11H2,1-3H3. The van der Waals surface area contributed by atoms with Gasteiger partial charge in [-0.3, -0.25) is 9.69 Å². The van der Waals surface area contributed by atoms with E-state index in [1.807, 2.05) is 6.07 Å². The first-order chi connectivity index (χ1) is 12.2. The van der Waals surface area contributed by atoms with Gasteiger partial charge >= 0.3 is 0 Å². The topological polar surface area (TPSA) is 29.5 Å². The van der Waals surface area contributed by atoms with Gasteiger partial charge in [-0.1, -0.05) is 36.4 Å². The smallest absolute Gasteiger partial charge is 0.261 e.